The molecule has 0 aliphatic rings. The number of alkyl halides is 3. The molecule has 2 rings (SSSR count). The first kappa shape index (κ1) is 17.8. The molecule has 128 valence electrons. The number of amides is 1. The summed E-state index contributed by atoms with van der Waals surface area (Å²) in [5, 5.41) is 2.55. The maximum atomic E-state index is 12.6. The molecule has 6 heteroatoms. The molecule has 2 aromatic carbocycles. The topological polar surface area (TPSA) is 38.3 Å². The third-order valence-electron chi connectivity index (χ3n) is 3.30. The van der Waals surface area contributed by atoms with Gasteiger partial charge in [0.25, 0.3) is 5.91 Å². The Bertz CT molecular complexity index is 706. The molecule has 0 radical (unpaired) electrons. The highest BCUT2D eigenvalue weighted by Gasteiger charge is 2.30. The SMILES string of the molecule is Cc1cc(C)cc(OCCNC(=O)c2cccc(C(F)(F)F)c2)c1. The van der Waals surface area contributed by atoms with E-state index >= 15 is 0 Å². The van der Waals surface area contributed by atoms with E-state index in [0.717, 1.165) is 23.3 Å². The zero-order valence-electron chi connectivity index (χ0n) is 13.4. The van der Waals surface area contributed by atoms with Crippen molar-refractivity contribution in [2.45, 2.75) is 20.0 Å². The van der Waals surface area contributed by atoms with E-state index in [2.05, 4.69) is 5.32 Å². The van der Waals surface area contributed by atoms with E-state index in [0.29, 0.717) is 5.75 Å². The highest BCUT2D eigenvalue weighted by molar-refractivity contribution is 5.94. The van der Waals surface area contributed by atoms with Crippen molar-refractivity contribution in [1.82, 2.24) is 5.32 Å². The van der Waals surface area contributed by atoms with Crippen LogP contribution in [0.4, 0.5) is 13.2 Å². The van der Waals surface area contributed by atoms with Gasteiger partial charge < -0.3 is 10.1 Å². The zero-order valence-corrected chi connectivity index (χ0v) is 13.4. The van der Waals surface area contributed by atoms with Crippen molar-refractivity contribution in [3.63, 3.8) is 0 Å². The minimum atomic E-state index is -4.47. The molecule has 3 nitrogen and oxygen atoms in total. The van der Waals surface area contributed by atoms with Gasteiger partial charge in [-0.15, -0.1) is 0 Å². The quantitative estimate of drug-likeness (QED) is 0.833. The van der Waals surface area contributed by atoms with Crippen LogP contribution in [-0.4, -0.2) is 19.1 Å². The van der Waals surface area contributed by atoms with Gasteiger partial charge in [-0.05, 0) is 55.3 Å². The fourth-order valence-corrected chi connectivity index (χ4v) is 2.29. The Balaban J connectivity index is 1.87. The third-order valence-corrected chi connectivity index (χ3v) is 3.30. The number of ether oxygens (including phenoxy) is 1. The van der Waals surface area contributed by atoms with Crippen molar-refractivity contribution in [2.75, 3.05) is 13.2 Å². The summed E-state index contributed by atoms with van der Waals surface area (Å²) in [5.41, 5.74) is 1.26. The Morgan fingerprint density at radius 3 is 2.38 bits per heavy atom. The van der Waals surface area contributed by atoms with Crippen molar-refractivity contribution < 1.29 is 22.7 Å². The van der Waals surface area contributed by atoms with Crippen molar-refractivity contribution in [2.24, 2.45) is 0 Å². The van der Waals surface area contributed by atoms with Crippen LogP contribution in [0.5, 0.6) is 5.75 Å². The second-order valence-electron chi connectivity index (χ2n) is 5.51. The molecule has 0 fully saturated rings. The van der Waals surface area contributed by atoms with Gasteiger partial charge in [0.15, 0.2) is 0 Å². The number of nitrogens with one attached hydrogen (secondary N) is 1. The van der Waals surface area contributed by atoms with Gasteiger partial charge in [-0.1, -0.05) is 12.1 Å². The number of halogens is 3. The lowest BCUT2D eigenvalue weighted by atomic mass is 10.1. The summed E-state index contributed by atoms with van der Waals surface area (Å²) in [6.07, 6.45) is -4.47. The van der Waals surface area contributed by atoms with E-state index in [4.69, 9.17) is 4.74 Å². The molecule has 0 saturated carbocycles. The van der Waals surface area contributed by atoms with Crippen LogP contribution in [0.25, 0.3) is 0 Å². The highest BCUT2D eigenvalue weighted by atomic mass is 19.4. The molecule has 0 unspecified atom stereocenters. The van der Waals surface area contributed by atoms with Gasteiger partial charge in [0.05, 0.1) is 12.1 Å². The molecule has 0 atom stereocenters. The number of carbonyl (C=O) groups is 1. The van der Waals surface area contributed by atoms with E-state index in [1.807, 2.05) is 32.0 Å². The lowest BCUT2D eigenvalue weighted by Gasteiger charge is -2.11. The fourth-order valence-electron chi connectivity index (χ4n) is 2.29. The number of hydrogen-bond donors (Lipinski definition) is 1. The van der Waals surface area contributed by atoms with Crippen LogP contribution < -0.4 is 10.1 Å². The minimum absolute atomic E-state index is 0.0313. The number of carbonyl (C=O) groups excluding carboxylic acids is 1. The maximum absolute atomic E-state index is 12.6. The summed E-state index contributed by atoms with van der Waals surface area (Å²) in [4.78, 5) is 11.9. The largest absolute Gasteiger partial charge is 0.492 e. The van der Waals surface area contributed by atoms with Crippen LogP contribution in [0.3, 0.4) is 0 Å². The first-order valence-corrected chi connectivity index (χ1v) is 7.42. The van der Waals surface area contributed by atoms with Crippen LogP contribution in [0.2, 0.25) is 0 Å². The average Bonchev–Trinajstić information content (AvgIpc) is 2.50. The fraction of sp³-hybridized carbons (Fsp3) is 0.278. The predicted molar refractivity (Wildman–Crippen MR) is 85.2 cm³/mol. The summed E-state index contributed by atoms with van der Waals surface area (Å²) in [5.74, 6) is 0.131. The lowest BCUT2D eigenvalue weighted by molar-refractivity contribution is -0.137. The van der Waals surface area contributed by atoms with Gasteiger partial charge in [0.2, 0.25) is 0 Å². The third kappa shape index (κ3) is 5.01. The zero-order chi connectivity index (χ0) is 17.7. The van der Waals surface area contributed by atoms with Gasteiger partial charge >= 0.3 is 6.18 Å². The van der Waals surface area contributed by atoms with Crippen molar-refractivity contribution in [3.05, 3.63) is 64.7 Å². The van der Waals surface area contributed by atoms with Crippen LogP contribution in [-0.2, 0) is 6.18 Å². The Labute approximate surface area is 138 Å². The maximum Gasteiger partial charge on any atom is 0.416 e. The smallest absolute Gasteiger partial charge is 0.416 e. The van der Waals surface area contributed by atoms with Crippen molar-refractivity contribution >= 4 is 5.91 Å². The second-order valence-corrected chi connectivity index (χ2v) is 5.51. The molecular formula is C18H18F3NO2. The van der Waals surface area contributed by atoms with Gasteiger partial charge in [-0.25, -0.2) is 0 Å². The van der Waals surface area contributed by atoms with E-state index < -0.39 is 17.6 Å². The standard InChI is InChI=1S/C18H18F3NO2/c1-12-8-13(2)10-16(9-12)24-7-6-22-17(23)14-4-3-5-15(11-14)18(19,20)21/h3-5,8-11H,6-7H2,1-2H3,(H,22,23). The molecule has 0 spiro atoms. The number of rotatable bonds is 5. The first-order valence-electron chi connectivity index (χ1n) is 7.42. The Morgan fingerprint density at radius 1 is 1.08 bits per heavy atom. The Hall–Kier alpha value is -2.50. The summed E-state index contributed by atoms with van der Waals surface area (Å²) >= 11 is 0. The van der Waals surface area contributed by atoms with E-state index in [-0.39, 0.29) is 18.7 Å². The molecule has 0 heterocycles. The van der Waals surface area contributed by atoms with Crippen LogP contribution in [0.15, 0.2) is 42.5 Å². The molecule has 1 amide bonds. The molecule has 0 bridgehead atoms. The van der Waals surface area contributed by atoms with Crippen LogP contribution in [0.1, 0.15) is 27.0 Å². The molecule has 1 N–H and O–H groups in total. The highest BCUT2D eigenvalue weighted by Crippen LogP contribution is 2.29. The number of hydrogen-bond acceptors (Lipinski definition) is 2. The van der Waals surface area contributed by atoms with Crippen LogP contribution in [0, 0.1) is 13.8 Å². The molecule has 2 aromatic rings. The van der Waals surface area contributed by atoms with Crippen molar-refractivity contribution in [3.8, 4) is 5.75 Å². The Morgan fingerprint density at radius 2 is 1.75 bits per heavy atom. The van der Waals surface area contributed by atoms with Crippen LogP contribution >= 0.6 is 0 Å². The Kier molecular flexibility index (Phi) is 5.49. The van der Waals surface area contributed by atoms with Gasteiger partial charge in [-0.3, -0.25) is 4.79 Å². The monoisotopic (exact) mass is 337 g/mol. The summed E-state index contributed by atoms with van der Waals surface area (Å²) in [7, 11) is 0. The first-order chi connectivity index (χ1) is 11.3. The van der Waals surface area contributed by atoms with E-state index in [1.54, 1.807) is 0 Å². The molecule has 0 aromatic heterocycles. The van der Waals surface area contributed by atoms with Gasteiger partial charge in [-0.2, -0.15) is 13.2 Å². The molecule has 0 aliphatic heterocycles. The average molecular weight is 337 g/mol. The molecular weight excluding hydrogens is 319 g/mol. The minimum Gasteiger partial charge on any atom is -0.492 e. The predicted octanol–water partition coefficient (Wildman–Crippen LogP) is 4.13. The summed E-state index contributed by atoms with van der Waals surface area (Å²) in [6, 6.07) is 10.1. The number of aryl methyl sites for hydroxylation is 2. The summed E-state index contributed by atoms with van der Waals surface area (Å²) in [6.45, 7) is 4.33. The molecule has 0 aliphatic carbocycles. The summed E-state index contributed by atoms with van der Waals surface area (Å²) < 4.78 is 43.5. The lowest BCUT2D eigenvalue weighted by Crippen LogP contribution is -2.28. The van der Waals surface area contributed by atoms with Gasteiger partial charge in [0.1, 0.15) is 12.4 Å². The van der Waals surface area contributed by atoms with Crippen molar-refractivity contribution in [1.29, 1.82) is 0 Å². The number of benzene rings is 2. The van der Waals surface area contributed by atoms with E-state index in [1.165, 1.54) is 12.1 Å². The molecule has 24 heavy (non-hydrogen) atoms. The molecule has 0 saturated heterocycles. The van der Waals surface area contributed by atoms with E-state index in [9.17, 15) is 18.0 Å². The second kappa shape index (κ2) is 7.38. The normalized spacial score (nSPS) is 11.2. The van der Waals surface area contributed by atoms with Gasteiger partial charge in [0, 0.05) is 5.56 Å².